The van der Waals surface area contributed by atoms with E-state index >= 15 is 0 Å². The third-order valence-corrected chi connectivity index (χ3v) is 3.71. The highest BCUT2D eigenvalue weighted by molar-refractivity contribution is 7.58. The molecule has 2 atom stereocenters. The molecule has 0 aromatic heterocycles. The van der Waals surface area contributed by atoms with E-state index < -0.39 is 46.7 Å². The van der Waals surface area contributed by atoms with E-state index in [1.54, 1.807) is 0 Å². The van der Waals surface area contributed by atoms with Crippen molar-refractivity contribution in [3.8, 4) is 0 Å². The maximum absolute atomic E-state index is 10.8. The first-order valence-corrected chi connectivity index (χ1v) is 7.36. The van der Waals surface area contributed by atoms with Crippen molar-refractivity contribution < 1.29 is 47.7 Å². The van der Waals surface area contributed by atoms with E-state index in [-0.39, 0.29) is 0 Å². The lowest BCUT2D eigenvalue weighted by Crippen LogP contribution is -2.36. The molecule has 0 fully saturated rings. The molecule has 10 nitrogen and oxygen atoms in total. The maximum atomic E-state index is 10.8. The smallest absolute Gasteiger partial charge is 0.271 e. The van der Waals surface area contributed by atoms with Crippen LogP contribution >= 0.6 is 15.6 Å². The molecule has 0 aliphatic rings. The van der Waals surface area contributed by atoms with Crippen LogP contribution < -0.4 is 19.8 Å². The lowest BCUT2D eigenvalue weighted by atomic mass is 9.99. The Labute approximate surface area is 102 Å². The summed E-state index contributed by atoms with van der Waals surface area (Å²) in [5.74, 6) is -1.56. The quantitative estimate of drug-likeness (QED) is 0.443. The molecule has 108 valence electrons. The normalized spacial score (nSPS) is 18.9. The number of rotatable bonds is 8. The van der Waals surface area contributed by atoms with Crippen molar-refractivity contribution in [2.45, 2.75) is 25.4 Å². The molecule has 0 saturated heterocycles. The Hall–Kier alpha value is -0.310. The summed E-state index contributed by atoms with van der Waals surface area (Å²) in [5, 5.41) is 19.6. The minimum atomic E-state index is -5.76. The average Bonchev–Trinajstić information content (AvgIpc) is 1.93. The van der Waals surface area contributed by atoms with Crippen LogP contribution in [-0.2, 0) is 22.8 Å². The van der Waals surface area contributed by atoms with Crippen LogP contribution in [0.15, 0.2) is 0 Å². The Kier molecular flexibility index (Phi) is 6.12. The van der Waals surface area contributed by atoms with Gasteiger partial charge in [0.15, 0.2) is 0 Å². The molecule has 0 amide bonds. The van der Waals surface area contributed by atoms with E-state index in [1.165, 1.54) is 0 Å². The number of phosphoric ester groups is 1. The summed E-state index contributed by atoms with van der Waals surface area (Å²) in [6, 6.07) is 0. The van der Waals surface area contributed by atoms with Gasteiger partial charge in [0.1, 0.15) is 0 Å². The Morgan fingerprint density at radius 3 is 2.22 bits per heavy atom. The van der Waals surface area contributed by atoms with Gasteiger partial charge in [-0.15, -0.1) is 0 Å². The van der Waals surface area contributed by atoms with Crippen molar-refractivity contribution in [3.63, 3.8) is 0 Å². The van der Waals surface area contributed by atoms with Gasteiger partial charge >= 0.3 is 0 Å². The molecule has 0 aromatic rings. The van der Waals surface area contributed by atoms with Gasteiger partial charge in [-0.25, -0.2) is 0 Å². The molecule has 18 heavy (non-hydrogen) atoms. The van der Waals surface area contributed by atoms with Crippen molar-refractivity contribution in [2.24, 2.45) is 0 Å². The fraction of sp³-hybridized carbons (Fsp3) is 0.833. The van der Waals surface area contributed by atoms with E-state index in [2.05, 4.69) is 8.83 Å². The number of carbonyl (C=O) groups excluding carboxylic acids is 1. The largest absolute Gasteiger partial charge is 0.790 e. The molecular weight excluding hydrogens is 294 g/mol. The summed E-state index contributed by atoms with van der Waals surface area (Å²) in [7, 11) is -11.1. The van der Waals surface area contributed by atoms with Gasteiger partial charge in [0.05, 0.1) is 20.0 Å². The first-order valence-electron chi connectivity index (χ1n) is 4.44. The molecule has 0 aliphatic heterocycles. The predicted molar refractivity (Wildman–Crippen MR) is 47.1 cm³/mol. The van der Waals surface area contributed by atoms with Gasteiger partial charge in [0.2, 0.25) is 0 Å². The van der Waals surface area contributed by atoms with Gasteiger partial charge < -0.3 is 38.8 Å². The van der Waals surface area contributed by atoms with E-state index in [0.717, 1.165) is 6.92 Å². The fourth-order valence-electron chi connectivity index (χ4n) is 0.923. The van der Waals surface area contributed by atoms with Crippen LogP contribution in [0.4, 0.5) is 0 Å². The standard InChI is InChI=1S/C6H14O10P2/c1-6(9,4-5(7)8)2-3-15-18(13,14)16-17(10,11)12/h9H,2-4H2,1H3,(H,7,8)(H,13,14)(H2,10,11,12)/p-4. The summed E-state index contributed by atoms with van der Waals surface area (Å²) in [4.78, 5) is 41.0. The third kappa shape index (κ3) is 9.69. The maximum Gasteiger partial charge on any atom is 0.271 e. The summed E-state index contributed by atoms with van der Waals surface area (Å²) < 4.78 is 27.9. The average molecular weight is 304 g/mol. The van der Waals surface area contributed by atoms with E-state index in [9.17, 15) is 38.8 Å². The predicted octanol–water partition coefficient (Wildman–Crippen LogP) is -3.40. The van der Waals surface area contributed by atoms with Crippen LogP contribution in [0.3, 0.4) is 0 Å². The molecule has 0 heterocycles. The first kappa shape index (κ1) is 17.7. The number of aliphatic carboxylic acids is 1. The van der Waals surface area contributed by atoms with Gasteiger partial charge in [0, 0.05) is 18.8 Å². The molecule has 2 unspecified atom stereocenters. The van der Waals surface area contributed by atoms with Gasteiger partial charge in [-0.05, 0) is 6.92 Å². The van der Waals surface area contributed by atoms with E-state index in [4.69, 9.17) is 0 Å². The van der Waals surface area contributed by atoms with Crippen molar-refractivity contribution in [2.75, 3.05) is 6.61 Å². The Balaban J connectivity index is 4.22. The molecule has 0 aromatic carbocycles. The van der Waals surface area contributed by atoms with Crippen LogP contribution in [0, 0.1) is 0 Å². The van der Waals surface area contributed by atoms with E-state index in [0.29, 0.717) is 0 Å². The number of carboxylic acids is 1. The van der Waals surface area contributed by atoms with Crippen LogP contribution in [0.2, 0.25) is 0 Å². The molecule has 0 radical (unpaired) electrons. The van der Waals surface area contributed by atoms with Crippen molar-refractivity contribution >= 4 is 21.6 Å². The topological polar surface area (TPSA) is 182 Å². The number of carboxylic acid groups (broad SMARTS) is 1. The second kappa shape index (κ2) is 6.23. The minimum absolute atomic E-state index is 0.460. The zero-order valence-electron chi connectivity index (χ0n) is 9.14. The SMILES string of the molecule is CC(O)(CCOP(=O)([O-])OP(=O)([O-])[O-])CC(=O)[O-]. The molecule has 0 aliphatic carbocycles. The Morgan fingerprint density at radius 2 is 1.83 bits per heavy atom. The molecule has 0 bridgehead atoms. The number of phosphoric acid groups is 2. The van der Waals surface area contributed by atoms with Gasteiger partial charge in [0.25, 0.3) is 7.82 Å². The second-order valence-corrected chi connectivity index (χ2v) is 6.31. The van der Waals surface area contributed by atoms with Gasteiger partial charge in [-0.2, -0.15) is 0 Å². The molecule has 0 saturated carbocycles. The highest BCUT2D eigenvalue weighted by Crippen LogP contribution is 2.50. The first-order chi connectivity index (χ1) is 7.83. The molecular formula is C6H10O10P2-4. The summed E-state index contributed by atoms with van der Waals surface area (Å²) in [6.07, 6.45) is -1.24. The van der Waals surface area contributed by atoms with Crippen LogP contribution in [0.25, 0.3) is 0 Å². The highest BCUT2D eigenvalue weighted by Gasteiger charge is 2.22. The van der Waals surface area contributed by atoms with Gasteiger partial charge in [-0.1, -0.05) is 0 Å². The van der Waals surface area contributed by atoms with Crippen LogP contribution in [-0.4, -0.2) is 23.3 Å². The number of carbonyl (C=O) groups is 1. The number of hydrogen-bond donors (Lipinski definition) is 1. The Morgan fingerprint density at radius 1 is 1.33 bits per heavy atom. The summed E-state index contributed by atoms with van der Waals surface area (Å²) >= 11 is 0. The van der Waals surface area contributed by atoms with Crippen molar-refractivity contribution in [1.29, 1.82) is 0 Å². The number of hydrogen-bond acceptors (Lipinski definition) is 10. The fourth-order valence-corrected chi connectivity index (χ4v) is 2.41. The highest BCUT2D eigenvalue weighted by atomic mass is 31.3. The lowest BCUT2D eigenvalue weighted by molar-refractivity contribution is -0.339. The van der Waals surface area contributed by atoms with Crippen LogP contribution in [0.1, 0.15) is 19.8 Å². The van der Waals surface area contributed by atoms with Crippen molar-refractivity contribution in [3.05, 3.63) is 0 Å². The van der Waals surface area contributed by atoms with E-state index in [1.807, 2.05) is 0 Å². The summed E-state index contributed by atoms with van der Waals surface area (Å²) in [6.45, 7) is 0.315. The zero-order valence-corrected chi connectivity index (χ0v) is 10.9. The zero-order chi connectivity index (χ0) is 14.6. The van der Waals surface area contributed by atoms with Crippen molar-refractivity contribution in [1.82, 2.24) is 0 Å². The Bertz CT molecular complexity index is 384. The molecule has 0 spiro atoms. The van der Waals surface area contributed by atoms with Gasteiger partial charge in [-0.3, -0.25) is 8.88 Å². The summed E-state index contributed by atoms with van der Waals surface area (Å²) in [5.41, 5.74) is -1.81. The minimum Gasteiger partial charge on any atom is -0.790 e. The molecule has 1 N–H and O–H groups in total. The third-order valence-electron chi connectivity index (χ3n) is 1.62. The number of aliphatic hydroxyl groups is 1. The second-order valence-electron chi connectivity index (χ2n) is 3.61. The molecule has 12 heteroatoms. The lowest BCUT2D eigenvalue weighted by Gasteiger charge is -2.35. The molecule has 0 rings (SSSR count). The monoisotopic (exact) mass is 304 g/mol. The van der Waals surface area contributed by atoms with Crippen LogP contribution in [0.5, 0.6) is 0 Å².